The predicted molar refractivity (Wildman–Crippen MR) is 92.0 cm³/mol. The molecule has 2 rings (SSSR count). The largest absolute Gasteiger partial charge is 0.454 e. The van der Waals surface area contributed by atoms with Crippen LogP contribution in [0.2, 0.25) is 15.1 Å². The summed E-state index contributed by atoms with van der Waals surface area (Å²) in [5.74, 6) is 0.343. The second kappa shape index (κ2) is 7.55. The lowest BCUT2D eigenvalue weighted by Gasteiger charge is -2.13. The summed E-state index contributed by atoms with van der Waals surface area (Å²) in [5, 5.41) is 18.0. The second-order valence-electron chi connectivity index (χ2n) is 4.65. The molecular weight excluding hydrogens is 371 g/mol. The first-order valence-corrected chi connectivity index (χ1v) is 7.89. The molecule has 0 spiro atoms. The van der Waals surface area contributed by atoms with Gasteiger partial charge < -0.3 is 4.74 Å². The van der Waals surface area contributed by atoms with Gasteiger partial charge in [0.1, 0.15) is 27.9 Å². The van der Waals surface area contributed by atoms with Gasteiger partial charge in [-0.05, 0) is 24.3 Å². The average Bonchev–Trinajstić information content (AvgIpc) is 2.61. The number of carbonyl (C=O) groups is 1. The number of hydrogen-bond donors (Lipinski definition) is 0. The SMILES string of the molecule is CCC(=O)c1ccc(Oc2c(Cl)c(Cl)c(C#N)c(C#N)c2Cl)cc1. The third-order valence-electron chi connectivity index (χ3n) is 3.22. The van der Waals surface area contributed by atoms with Gasteiger partial charge in [-0.3, -0.25) is 4.79 Å². The van der Waals surface area contributed by atoms with Crippen molar-refractivity contribution in [3.8, 4) is 23.6 Å². The van der Waals surface area contributed by atoms with Gasteiger partial charge in [-0.25, -0.2) is 0 Å². The van der Waals surface area contributed by atoms with E-state index in [1.165, 1.54) is 0 Å². The first-order valence-electron chi connectivity index (χ1n) is 6.76. The minimum absolute atomic E-state index is 0.00537. The van der Waals surface area contributed by atoms with Crippen LogP contribution in [0.3, 0.4) is 0 Å². The Morgan fingerprint density at radius 2 is 1.54 bits per heavy atom. The molecular formula is C17H9Cl3N2O2. The summed E-state index contributed by atoms with van der Waals surface area (Å²) in [6.45, 7) is 1.77. The molecule has 0 saturated heterocycles. The maximum Gasteiger partial charge on any atom is 0.167 e. The van der Waals surface area contributed by atoms with Crippen molar-refractivity contribution in [3.63, 3.8) is 0 Å². The number of halogens is 3. The highest BCUT2D eigenvalue weighted by atomic mass is 35.5. The van der Waals surface area contributed by atoms with Gasteiger partial charge in [0.05, 0.1) is 16.1 Å². The summed E-state index contributed by atoms with van der Waals surface area (Å²) >= 11 is 18.3. The van der Waals surface area contributed by atoms with E-state index in [1.54, 1.807) is 37.3 Å². The maximum absolute atomic E-state index is 11.6. The second-order valence-corrected chi connectivity index (χ2v) is 5.78. The summed E-state index contributed by atoms with van der Waals surface area (Å²) in [6.07, 6.45) is 0.397. The molecule has 0 aliphatic heterocycles. The Kier molecular flexibility index (Phi) is 5.70. The molecule has 2 aromatic rings. The third kappa shape index (κ3) is 3.32. The fourth-order valence-corrected chi connectivity index (χ4v) is 2.74. The monoisotopic (exact) mass is 378 g/mol. The van der Waals surface area contributed by atoms with E-state index in [0.717, 1.165) is 0 Å². The number of rotatable bonds is 4. The summed E-state index contributed by atoms with van der Waals surface area (Å²) in [7, 11) is 0. The Morgan fingerprint density at radius 1 is 1.00 bits per heavy atom. The zero-order chi connectivity index (χ0) is 17.9. The zero-order valence-corrected chi connectivity index (χ0v) is 14.6. The van der Waals surface area contributed by atoms with Crippen molar-refractivity contribution in [1.29, 1.82) is 10.5 Å². The number of ketones is 1. The van der Waals surface area contributed by atoms with E-state index in [2.05, 4.69) is 0 Å². The van der Waals surface area contributed by atoms with Gasteiger partial charge in [-0.15, -0.1) is 0 Å². The van der Waals surface area contributed by atoms with Gasteiger partial charge in [0.25, 0.3) is 0 Å². The standard InChI is InChI=1S/C17H9Cl3N2O2/c1-2-13(23)9-3-5-10(6-4-9)24-17-15(19)12(8-22)11(7-21)14(18)16(17)20/h3-6H,2H2,1H3. The van der Waals surface area contributed by atoms with E-state index >= 15 is 0 Å². The average molecular weight is 380 g/mol. The van der Waals surface area contributed by atoms with E-state index in [0.29, 0.717) is 17.7 Å². The van der Waals surface area contributed by atoms with Gasteiger partial charge in [0.15, 0.2) is 11.5 Å². The highest BCUT2D eigenvalue weighted by Gasteiger charge is 2.23. The van der Waals surface area contributed by atoms with Gasteiger partial charge in [-0.2, -0.15) is 10.5 Å². The molecule has 2 aromatic carbocycles. The molecule has 24 heavy (non-hydrogen) atoms. The molecule has 120 valence electrons. The minimum atomic E-state index is -0.110. The molecule has 0 N–H and O–H groups in total. The van der Waals surface area contributed by atoms with Crippen LogP contribution >= 0.6 is 34.8 Å². The number of hydrogen-bond acceptors (Lipinski definition) is 4. The topological polar surface area (TPSA) is 73.9 Å². The Hall–Kier alpha value is -2.24. The highest BCUT2D eigenvalue weighted by molar-refractivity contribution is 6.46. The van der Waals surface area contributed by atoms with E-state index in [1.807, 2.05) is 6.07 Å². The molecule has 0 aliphatic rings. The van der Waals surface area contributed by atoms with Crippen molar-refractivity contribution in [1.82, 2.24) is 0 Å². The highest BCUT2D eigenvalue weighted by Crippen LogP contribution is 2.45. The summed E-state index contributed by atoms with van der Waals surface area (Å²) < 4.78 is 5.61. The molecule has 0 heterocycles. The van der Waals surface area contributed by atoms with Crippen LogP contribution in [-0.4, -0.2) is 5.78 Å². The molecule has 7 heteroatoms. The number of nitrogens with zero attached hydrogens (tertiary/aromatic N) is 2. The van der Waals surface area contributed by atoms with Gasteiger partial charge in [0.2, 0.25) is 0 Å². The van der Waals surface area contributed by atoms with Crippen molar-refractivity contribution in [2.45, 2.75) is 13.3 Å². The van der Waals surface area contributed by atoms with Crippen LogP contribution in [0, 0.1) is 22.7 Å². The van der Waals surface area contributed by atoms with Crippen LogP contribution in [0.1, 0.15) is 34.8 Å². The number of Topliss-reactive ketones (excluding diaryl/α,β-unsaturated/α-hetero) is 1. The maximum atomic E-state index is 11.6. The van der Waals surface area contributed by atoms with Gasteiger partial charge in [0, 0.05) is 12.0 Å². The molecule has 0 aromatic heterocycles. The zero-order valence-electron chi connectivity index (χ0n) is 12.4. The fraction of sp³-hybridized carbons (Fsp3) is 0.118. The van der Waals surface area contributed by atoms with Gasteiger partial charge >= 0.3 is 0 Å². The van der Waals surface area contributed by atoms with Crippen molar-refractivity contribution in [2.75, 3.05) is 0 Å². The lowest BCUT2D eigenvalue weighted by atomic mass is 10.1. The Morgan fingerprint density at radius 3 is 2.04 bits per heavy atom. The summed E-state index contributed by atoms with van der Waals surface area (Å²) in [4.78, 5) is 11.6. The van der Waals surface area contributed by atoms with Crippen LogP contribution in [0.25, 0.3) is 0 Å². The van der Waals surface area contributed by atoms with Crippen molar-refractivity contribution >= 4 is 40.6 Å². The summed E-state index contributed by atoms with van der Waals surface area (Å²) in [6, 6.07) is 9.99. The number of benzene rings is 2. The molecule has 0 radical (unpaired) electrons. The molecule has 0 atom stereocenters. The van der Waals surface area contributed by atoms with E-state index in [4.69, 9.17) is 44.8 Å². The van der Waals surface area contributed by atoms with E-state index < -0.39 is 0 Å². The number of carbonyl (C=O) groups excluding carboxylic acids is 1. The van der Waals surface area contributed by atoms with Gasteiger partial charge in [-0.1, -0.05) is 41.7 Å². The van der Waals surface area contributed by atoms with E-state index in [-0.39, 0.29) is 37.7 Å². The van der Waals surface area contributed by atoms with Crippen LogP contribution in [0.15, 0.2) is 24.3 Å². The lowest BCUT2D eigenvalue weighted by Crippen LogP contribution is -1.97. The smallest absolute Gasteiger partial charge is 0.167 e. The molecule has 0 unspecified atom stereocenters. The normalized spacial score (nSPS) is 9.92. The summed E-state index contributed by atoms with van der Waals surface area (Å²) in [5.41, 5.74) is 0.337. The third-order valence-corrected chi connectivity index (χ3v) is 4.42. The molecule has 4 nitrogen and oxygen atoms in total. The molecule has 0 saturated carbocycles. The predicted octanol–water partition coefficient (Wildman–Crippen LogP) is 5.78. The molecule has 0 amide bonds. The van der Waals surface area contributed by atoms with E-state index in [9.17, 15) is 10.1 Å². The molecule has 0 fully saturated rings. The molecule has 0 bridgehead atoms. The number of nitriles is 2. The Bertz CT molecular complexity index is 894. The first kappa shape index (κ1) is 18.1. The molecule has 0 aliphatic carbocycles. The fourth-order valence-electron chi connectivity index (χ4n) is 1.97. The Balaban J connectivity index is 2.48. The van der Waals surface area contributed by atoms with Crippen molar-refractivity contribution < 1.29 is 9.53 Å². The van der Waals surface area contributed by atoms with Crippen LogP contribution in [0.4, 0.5) is 0 Å². The Labute approximate surface area is 153 Å². The number of ether oxygens (including phenoxy) is 1. The van der Waals surface area contributed by atoms with Crippen molar-refractivity contribution in [2.24, 2.45) is 0 Å². The first-order chi connectivity index (χ1) is 11.4. The van der Waals surface area contributed by atoms with Crippen LogP contribution in [-0.2, 0) is 0 Å². The van der Waals surface area contributed by atoms with Crippen molar-refractivity contribution in [3.05, 3.63) is 56.0 Å². The van der Waals surface area contributed by atoms with Crippen LogP contribution in [0.5, 0.6) is 11.5 Å². The quantitative estimate of drug-likeness (QED) is 0.499. The lowest BCUT2D eigenvalue weighted by molar-refractivity contribution is 0.0988. The van der Waals surface area contributed by atoms with Crippen LogP contribution < -0.4 is 4.74 Å². The minimum Gasteiger partial charge on any atom is -0.454 e.